The molecular formula is C17H24N4. The van der Waals surface area contributed by atoms with Gasteiger partial charge in [-0.1, -0.05) is 20.8 Å². The first-order valence-electron chi connectivity index (χ1n) is 7.70. The van der Waals surface area contributed by atoms with E-state index in [1.807, 2.05) is 12.1 Å². The Morgan fingerprint density at radius 1 is 1.05 bits per heavy atom. The highest BCUT2D eigenvalue weighted by molar-refractivity contribution is 5.57. The molecule has 2 aromatic heterocycles. The molecule has 2 rings (SSSR count). The molecule has 4 nitrogen and oxygen atoms in total. The molecular weight excluding hydrogens is 260 g/mol. The highest BCUT2D eigenvalue weighted by Gasteiger charge is 2.15. The molecule has 0 bridgehead atoms. The van der Waals surface area contributed by atoms with Gasteiger partial charge < -0.3 is 4.90 Å². The zero-order valence-corrected chi connectivity index (χ0v) is 13.4. The van der Waals surface area contributed by atoms with E-state index in [9.17, 15) is 0 Å². The van der Waals surface area contributed by atoms with Crippen LogP contribution in [0.4, 0.5) is 5.82 Å². The molecule has 0 unspecified atom stereocenters. The van der Waals surface area contributed by atoms with Crippen LogP contribution in [0.3, 0.4) is 0 Å². The maximum Gasteiger partial charge on any atom is 0.161 e. The summed E-state index contributed by atoms with van der Waals surface area (Å²) in [5.74, 6) is 1.78. The Hall–Kier alpha value is -1.97. The van der Waals surface area contributed by atoms with Gasteiger partial charge in [0.15, 0.2) is 5.82 Å². The number of hydrogen-bond acceptors (Lipinski definition) is 4. The van der Waals surface area contributed by atoms with E-state index in [-0.39, 0.29) is 0 Å². The van der Waals surface area contributed by atoms with Crippen LogP contribution in [-0.4, -0.2) is 28.0 Å². The number of aryl methyl sites for hydroxylation is 1. The third-order valence-electron chi connectivity index (χ3n) is 3.92. The molecule has 0 radical (unpaired) electrons. The number of aromatic nitrogens is 3. The van der Waals surface area contributed by atoms with Crippen molar-refractivity contribution in [3.63, 3.8) is 0 Å². The van der Waals surface area contributed by atoms with E-state index < -0.39 is 0 Å². The molecule has 0 aliphatic heterocycles. The Labute approximate surface area is 127 Å². The first-order chi connectivity index (χ1) is 10.2. The average molecular weight is 284 g/mol. The molecule has 0 saturated heterocycles. The second-order valence-corrected chi connectivity index (χ2v) is 5.21. The third kappa shape index (κ3) is 3.57. The Morgan fingerprint density at radius 3 is 2.29 bits per heavy atom. The van der Waals surface area contributed by atoms with E-state index in [0.717, 1.165) is 42.2 Å². The van der Waals surface area contributed by atoms with Gasteiger partial charge in [0.1, 0.15) is 5.82 Å². The summed E-state index contributed by atoms with van der Waals surface area (Å²) in [6.07, 6.45) is 6.69. The predicted molar refractivity (Wildman–Crippen MR) is 87.4 cm³/mol. The van der Waals surface area contributed by atoms with Gasteiger partial charge in [0.25, 0.3) is 0 Å². The number of rotatable bonds is 6. The third-order valence-corrected chi connectivity index (χ3v) is 3.92. The van der Waals surface area contributed by atoms with Gasteiger partial charge in [-0.3, -0.25) is 4.98 Å². The average Bonchev–Trinajstić information content (AvgIpc) is 2.56. The lowest BCUT2D eigenvalue weighted by molar-refractivity contribution is 0.586. The van der Waals surface area contributed by atoms with Crippen molar-refractivity contribution >= 4 is 5.82 Å². The van der Waals surface area contributed by atoms with E-state index in [4.69, 9.17) is 4.98 Å². The number of nitrogens with zero attached hydrogens (tertiary/aromatic N) is 4. The minimum atomic E-state index is 0.509. The summed E-state index contributed by atoms with van der Waals surface area (Å²) in [6.45, 7) is 6.56. The van der Waals surface area contributed by atoms with Gasteiger partial charge in [-0.15, -0.1) is 0 Å². The van der Waals surface area contributed by atoms with E-state index in [0.29, 0.717) is 6.04 Å². The number of pyridine rings is 1. The second-order valence-electron chi connectivity index (χ2n) is 5.21. The maximum absolute atomic E-state index is 4.76. The minimum Gasteiger partial charge on any atom is -0.357 e. The van der Waals surface area contributed by atoms with Crippen LogP contribution in [0.25, 0.3) is 11.4 Å². The predicted octanol–water partition coefficient (Wildman–Crippen LogP) is 3.73. The van der Waals surface area contributed by atoms with Gasteiger partial charge in [0, 0.05) is 42.8 Å². The van der Waals surface area contributed by atoms with Gasteiger partial charge in [0.05, 0.1) is 0 Å². The monoisotopic (exact) mass is 284 g/mol. The lowest BCUT2D eigenvalue weighted by Crippen LogP contribution is -2.31. The number of anilines is 1. The quantitative estimate of drug-likeness (QED) is 0.810. The first kappa shape index (κ1) is 15.4. The van der Waals surface area contributed by atoms with Crippen molar-refractivity contribution in [3.05, 3.63) is 36.3 Å². The number of hydrogen-bond donors (Lipinski definition) is 0. The van der Waals surface area contributed by atoms with E-state index in [1.54, 1.807) is 12.4 Å². The molecule has 2 aromatic rings. The van der Waals surface area contributed by atoms with Crippen molar-refractivity contribution in [2.24, 2.45) is 0 Å². The molecule has 4 heteroatoms. The van der Waals surface area contributed by atoms with Crippen molar-refractivity contribution in [1.29, 1.82) is 0 Å². The fourth-order valence-corrected chi connectivity index (χ4v) is 2.50. The van der Waals surface area contributed by atoms with Gasteiger partial charge in [0.2, 0.25) is 0 Å². The fraction of sp³-hybridized carbons (Fsp3) is 0.471. The van der Waals surface area contributed by atoms with Crippen molar-refractivity contribution in [1.82, 2.24) is 15.0 Å². The Balaban J connectivity index is 2.43. The summed E-state index contributed by atoms with van der Waals surface area (Å²) < 4.78 is 0. The molecule has 0 saturated carbocycles. The normalized spacial score (nSPS) is 10.9. The van der Waals surface area contributed by atoms with Gasteiger partial charge in [-0.25, -0.2) is 9.97 Å². The molecule has 112 valence electrons. The van der Waals surface area contributed by atoms with Crippen LogP contribution in [0.1, 0.15) is 39.3 Å². The van der Waals surface area contributed by atoms with Crippen molar-refractivity contribution in [2.75, 3.05) is 11.9 Å². The molecule has 0 amide bonds. The SMILES string of the molecule is CCc1cc(N(C)C(CC)CC)nc(-c2ccncc2)n1. The van der Waals surface area contributed by atoms with Gasteiger partial charge in [-0.05, 0) is 31.4 Å². The van der Waals surface area contributed by atoms with Crippen LogP contribution in [0.15, 0.2) is 30.6 Å². The second kappa shape index (κ2) is 7.16. The maximum atomic E-state index is 4.76. The van der Waals surface area contributed by atoms with Gasteiger partial charge >= 0.3 is 0 Å². The standard InChI is InChI=1S/C17H24N4/c1-5-14-12-16(21(4)15(6-2)7-3)20-17(19-14)13-8-10-18-11-9-13/h8-12,15H,5-7H2,1-4H3. The summed E-state index contributed by atoms with van der Waals surface area (Å²) in [7, 11) is 2.12. The van der Waals surface area contributed by atoms with Crippen molar-refractivity contribution in [2.45, 2.75) is 46.1 Å². The van der Waals surface area contributed by atoms with Crippen LogP contribution >= 0.6 is 0 Å². The zero-order valence-electron chi connectivity index (χ0n) is 13.4. The summed E-state index contributed by atoms with van der Waals surface area (Å²) in [5.41, 5.74) is 2.09. The fourth-order valence-electron chi connectivity index (χ4n) is 2.50. The van der Waals surface area contributed by atoms with E-state index in [1.165, 1.54) is 0 Å². The van der Waals surface area contributed by atoms with E-state index >= 15 is 0 Å². The molecule has 0 atom stereocenters. The van der Waals surface area contributed by atoms with Crippen molar-refractivity contribution in [3.8, 4) is 11.4 Å². The molecule has 0 aliphatic carbocycles. The Morgan fingerprint density at radius 2 is 1.71 bits per heavy atom. The summed E-state index contributed by atoms with van der Waals surface area (Å²) in [6, 6.07) is 6.52. The van der Waals surface area contributed by atoms with Crippen LogP contribution in [-0.2, 0) is 6.42 Å². The lowest BCUT2D eigenvalue weighted by Gasteiger charge is -2.27. The van der Waals surface area contributed by atoms with Crippen LogP contribution in [0.5, 0.6) is 0 Å². The van der Waals surface area contributed by atoms with E-state index in [2.05, 4.69) is 48.8 Å². The van der Waals surface area contributed by atoms with Crippen molar-refractivity contribution < 1.29 is 0 Å². The lowest BCUT2D eigenvalue weighted by atomic mass is 10.1. The highest BCUT2D eigenvalue weighted by Crippen LogP contribution is 2.22. The smallest absolute Gasteiger partial charge is 0.161 e. The Kier molecular flexibility index (Phi) is 5.26. The highest BCUT2D eigenvalue weighted by atomic mass is 15.2. The molecule has 21 heavy (non-hydrogen) atoms. The topological polar surface area (TPSA) is 41.9 Å². The summed E-state index contributed by atoms with van der Waals surface area (Å²) in [4.78, 5) is 15.7. The summed E-state index contributed by atoms with van der Waals surface area (Å²) in [5, 5.41) is 0. The minimum absolute atomic E-state index is 0.509. The zero-order chi connectivity index (χ0) is 15.2. The first-order valence-corrected chi connectivity index (χ1v) is 7.70. The molecule has 0 aromatic carbocycles. The largest absolute Gasteiger partial charge is 0.357 e. The summed E-state index contributed by atoms with van der Waals surface area (Å²) >= 11 is 0. The molecule has 0 fully saturated rings. The molecule has 0 spiro atoms. The van der Waals surface area contributed by atoms with Crippen LogP contribution < -0.4 is 4.90 Å². The Bertz CT molecular complexity index is 564. The van der Waals surface area contributed by atoms with Crippen LogP contribution in [0, 0.1) is 0 Å². The molecule has 2 heterocycles. The molecule has 0 aliphatic rings. The van der Waals surface area contributed by atoms with Gasteiger partial charge in [-0.2, -0.15) is 0 Å². The van der Waals surface area contributed by atoms with Crippen LogP contribution in [0.2, 0.25) is 0 Å². The molecule has 0 N–H and O–H groups in total.